The predicted octanol–water partition coefficient (Wildman–Crippen LogP) is 12.4. The first-order chi connectivity index (χ1) is 28.3. The molecule has 0 amide bonds. The zero-order valence-corrected chi connectivity index (χ0v) is 32.6. The molecule has 1 aliphatic heterocycles. The number of aromatic nitrogens is 2. The summed E-state index contributed by atoms with van der Waals surface area (Å²) in [4.78, 5) is 10.3. The molecule has 0 bridgehead atoms. The maximum Gasteiger partial charge on any atom is 0.178 e. The first-order valence-corrected chi connectivity index (χ1v) is 19.4. The second-order valence-electron chi connectivity index (χ2n) is 15.4. The van der Waals surface area contributed by atoms with Gasteiger partial charge in [-0.15, -0.1) is 0 Å². The van der Waals surface area contributed by atoms with Gasteiger partial charge in [0.15, 0.2) is 22.9 Å². The number of hydrogen-bond donors (Lipinski definition) is 0. The monoisotopic (exact) mass is 758 g/mol. The normalized spacial score (nSPS) is 15.9. The molecule has 5 nitrogen and oxygen atoms in total. The average Bonchev–Trinajstić information content (AvgIpc) is 3.52. The second-order valence-corrected chi connectivity index (χ2v) is 15.4. The van der Waals surface area contributed by atoms with Crippen molar-refractivity contribution < 1.29 is 18.6 Å². The van der Waals surface area contributed by atoms with Crippen LogP contribution in [0.5, 0.6) is 17.2 Å². The number of benzene rings is 7. The Bertz CT molecular complexity index is 2870. The van der Waals surface area contributed by atoms with Gasteiger partial charge in [-0.25, -0.2) is 14.4 Å². The van der Waals surface area contributed by atoms with E-state index in [0.29, 0.717) is 23.1 Å². The molecule has 0 saturated heterocycles. The van der Waals surface area contributed by atoms with E-state index in [1.165, 1.54) is 28.8 Å². The lowest BCUT2D eigenvalue weighted by atomic mass is 9.76. The summed E-state index contributed by atoms with van der Waals surface area (Å²) in [5.74, 6) is 2.19. The molecule has 8 aromatic rings. The maximum absolute atomic E-state index is 14.7. The van der Waals surface area contributed by atoms with E-state index in [9.17, 15) is 4.39 Å². The van der Waals surface area contributed by atoms with Gasteiger partial charge in [-0.05, 0) is 70.1 Å². The zero-order chi connectivity index (χ0) is 39.6. The van der Waals surface area contributed by atoms with Crippen molar-refractivity contribution in [2.24, 2.45) is 0 Å². The van der Waals surface area contributed by atoms with Gasteiger partial charge in [-0.2, -0.15) is 0 Å². The third kappa shape index (κ3) is 5.51. The Labute approximate surface area is 337 Å². The van der Waals surface area contributed by atoms with Crippen LogP contribution in [0.25, 0.3) is 61.9 Å². The largest absolute Gasteiger partial charge is 0.493 e. The van der Waals surface area contributed by atoms with Gasteiger partial charge in [-0.3, -0.25) is 0 Å². The van der Waals surface area contributed by atoms with Crippen LogP contribution in [-0.4, -0.2) is 24.2 Å². The van der Waals surface area contributed by atoms with Gasteiger partial charge in [0.05, 0.1) is 25.6 Å². The number of halogens is 1. The van der Waals surface area contributed by atoms with Gasteiger partial charge < -0.3 is 14.2 Å². The molecule has 0 saturated carbocycles. The van der Waals surface area contributed by atoms with E-state index < -0.39 is 5.60 Å². The summed E-state index contributed by atoms with van der Waals surface area (Å²) in [5, 5.41) is 1.89. The van der Waals surface area contributed by atoms with Crippen LogP contribution in [0.1, 0.15) is 41.7 Å². The molecule has 6 heteroatoms. The molecule has 1 unspecified atom stereocenters. The molecule has 282 valence electrons. The SMILES string of the molecule is COc1cc2c3c(c4c(c2cc1OC)-c1ccccc1C4(C)C)C=CC(c1ccc(F)cc1)(c1cccc(-c2nc(-c4ccccc4)cc(-c4ccccc4)n2)c1)O3. The second kappa shape index (κ2) is 13.6. The number of nitrogens with zero attached hydrogens (tertiary/aromatic N) is 2. The number of ether oxygens (including phenoxy) is 3. The highest BCUT2D eigenvalue weighted by atomic mass is 19.1. The summed E-state index contributed by atoms with van der Waals surface area (Å²) < 4.78 is 34.0. The topological polar surface area (TPSA) is 53.5 Å². The molecule has 1 atom stereocenters. The maximum atomic E-state index is 14.7. The third-order valence-corrected chi connectivity index (χ3v) is 11.7. The van der Waals surface area contributed by atoms with Gasteiger partial charge >= 0.3 is 0 Å². The van der Waals surface area contributed by atoms with Crippen LogP contribution in [0, 0.1) is 5.82 Å². The minimum absolute atomic E-state index is 0.327. The van der Waals surface area contributed by atoms with E-state index in [1.807, 2.05) is 60.7 Å². The summed E-state index contributed by atoms with van der Waals surface area (Å²) in [5.41, 5.74) is 10.3. The van der Waals surface area contributed by atoms with E-state index in [-0.39, 0.29) is 11.2 Å². The van der Waals surface area contributed by atoms with Crippen molar-refractivity contribution in [1.29, 1.82) is 0 Å². The number of methoxy groups -OCH3 is 2. The summed E-state index contributed by atoms with van der Waals surface area (Å²) in [6.07, 6.45) is 4.31. The van der Waals surface area contributed by atoms with Crippen LogP contribution < -0.4 is 14.2 Å². The smallest absolute Gasteiger partial charge is 0.178 e. The van der Waals surface area contributed by atoms with E-state index >= 15 is 0 Å². The Morgan fingerprint density at radius 3 is 1.84 bits per heavy atom. The quantitative estimate of drug-likeness (QED) is 0.162. The summed E-state index contributed by atoms with van der Waals surface area (Å²) in [7, 11) is 3.31. The Morgan fingerprint density at radius 2 is 1.19 bits per heavy atom. The Balaban J connectivity index is 1.21. The Morgan fingerprint density at radius 1 is 0.586 bits per heavy atom. The fraction of sp³-hybridized carbons (Fsp3) is 0.115. The summed E-state index contributed by atoms with van der Waals surface area (Å²) in [6.45, 7) is 4.55. The number of rotatable bonds is 7. The minimum Gasteiger partial charge on any atom is -0.493 e. The van der Waals surface area contributed by atoms with Crippen LogP contribution in [0.4, 0.5) is 4.39 Å². The van der Waals surface area contributed by atoms with E-state index in [0.717, 1.165) is 61.1 Å². The van der Waals surface area contributed by atoms with Crippen molar-refractivity contribution in [2.45, 2.75) is 24.9 Å². The van der Waals surface area contributed by atoms with Gasteiger partial charge in [0, 0.05) is 44.2 Å². The molecular formula is C52H39FN2O3. The minimum atomic E-state index is -1.17. The standard InChI is InChI=1S/C52H39FN2O3/c1-51(2)42-21-12-11-20-38(42)47-40-29-45(56-3)46(57-4)30-41(40)49-39(48(47)51)26-27-52(58-49,35-22-24-37(53)25-23-35)36-19-13-18-34(28-36)50-54-43(32-14-7-5-8-15-32)31-44(55-50)33-16-9-6-10-17-33/h5-31H,1-4H3. The predicted molar refractivity (Wildman–Crippen MR) is 230 cm³/mol. The molecule has 10 rings (SSSR count). The van der Waals surface area contributed by atoms with Gasteiger partial charge in [0.1, 0.15) is 11.6 Å². The lowest BCUT2D eigenvalue weighted by molar-refractivity contribution is 0.163. The Hall–Kier alpha value is -7.05. The van der Waals surface area contributed by atoms with Gasteiger partial charge in [0.2, 0.25) is 0 Å². The molecule has 0 radical (unpaired) electrons. The average molecular weight is 759 g/mol. The first-order valence-electron chi connectivity index (χ1n) is 19.4. The van der Waals surface area contributed by atoms with Crippen LogP contribution in [-0.2, 0) is 11.0 Å². The highest BCUT2D eigenvalue weighted by Gasteiger charge is 2.44. The van der Waals surface area contributed by atoms with Crippen molar-refractivity contribution in [1.82, 2.24) is 9.97 Å². The van der Waals surface area contributed by atoms with Crippen LogP contribution in [0.15, 0.2) is 158 Å². The zero-order valence-electron chi connectivity index (χ0n) is 32.6. The fourth-order valence-corrected chi connectivity index (χ4v) is 8.93. The molecule has 58 heavy (non-hydrogen) atoms. The first kappa shape index (κ1) is 35.4. The number of fused-ring (bicyclic) bond motifs is 8. The van der Waals surface area contributed by atoms with Gasteiger partial charge in [-0.1, -0.05) is 135 Å². The van der Waals surface area contributed by atoms with Crippen molar-refractivity contribution in [3.63, 3.8) is 0 Å². The van der Waals surface area contributed by atoms with E-state index in [2.05, 4.69) is 92.7 Å². The van der Waals surface area contributed by atoms with Crippen LogP contribution >= 0.6 is 0 Å². The van der Waals surface area contributed by atoms with E-state index in [1.54, 1.807) is 26.4 Å². The van der Waals surface area contributed by atoms with Crippen LogP contribution in [0.3, 0.4) is 0 Å². The Kier molecular flexibility index (Phi) is 8.27. The van der Waals surface area contributed by atoms with Crippen molar-refractivity contribution >= 4 is 16.8 Å². The molecule has 7 aromatic carbocycles. The number of hydrogen-bond acceptors (Lipinski definition) is 5. The lowest BCUT2D eigenvalue weighted by Crippen LogP contribution is -2.35. The van der Waals surface area contributed by atoms with E-state index in [4.69, 9.17) is 24.2 Å². The molecule has 2 aliphatic rings. The highest BCUT2D eigenvalue weighted by Crippen LogP contribution is 2.59. The molecular weight excluding hydrogens is 720 g/mol. The third-order valence-electron chi connectivity index (χ3n) is 11.7. The molecule has 0 N–H and O–H groups in total. The summed E-state index contributed by atoms with van der Waals surface area (Å²) in [6, 6.07) is 49.8. The fourth-order valence-electron chi connectivity index (χ4n) is 8.93. The van der Waals surface area contributed by atoms with Crippen molar-refractivity contribution in [3.05, 3.63) is 191 Å². The molecule has 1 aromatic heterocycles. The summed E-state index contributed by atoms with van der Waals surface area (Å²) >= 11 is 0. The highest BCUT2D eigenvalue weighted by molar-refractivity contribution is 6.09. The molecule has 2 heterocycles. The van der Waals surface area contributed by atoms with Crippen molar-refractivity contribution in [3.8, 4) is 62.3 Å². The molecule has 0 spiro atoms. The van der Waals surface area contributed by atoms with Crippen molar-refractivity contribution in [2.75, 3.05) is 14.2 Å². The van der Waals surface area contributed by atoms with Crippen LogP contribution in [0.2, 0.25) is 0 Å². The van der Waals surface area contributed by atoms with Gasteiger partial charge in [0.25, 0.3) is 0 Å². The lowest BCUT2D eigenvalue weighted by Gasteiger charge is -2.38. The molecule has 1 aliphatic carbocycles. The molecule has 0 fully saturated rings.